The molecule has 0 radical (unpaired) electrons. The SMILES string of the molecule is C[Si](C)(C)c1ccc(-c2c3nc(c(-c4ccc([Si](C)(C)C)cc4)c4[n-]c(c(-c5ccc([Si](C)(C)C)cc5)c5nc(c(-c6ccc([Si](C)(C)C)cc6)c6[n-]c2c2cc7ccccc7cc62)-c2cc6ccccc6cc2-5)c2cc5ccccc5cc42)-c2cc4ccccc4cc2-3)cc1.[Pd+2]. The molecule has 0 amide bonds. The molecule has 4 nitrogen and oxygen atoms in total. The van der Waals surface area contributed by atoms with Gasteiger partial charge in [-0.25, -0.2) is 9.97 Å². The summed E-state index contributed by atoms with van der Waals surface area (Å²) >= 11 is 0. The topological polar surface area (TPSA) is 54.0 Å². The minimum absolute atomic E-state index is 0. The van der Waals surface area contributed by atoms with Crippen LogP contribution in [0.25, 0.3) is 176 Å². The zero-order valence-corrected chi connectivity index (χ0v) is 62.8. The van der Waals surface area contributed by atoms with E-state index in [2.05, 4.69) is 321 Å². The Kier molecular flexibility index (Phi) is 14.8. The van der Waals surface area contributed by atoms with Crippen molar-refractivity contribution < 1.29 is 20.4 Å². The van der Waals surface area contributed by atoms with Crippen LogP contribution in [0.3, 0.4) is 0 Å². The Hall–Kier alpha value is -9.15. The van der Waals surface area contributed by atoms with Gasteiger partial charge in [-0.1, -0.05) is 293 Å². The smallest absolute Gasteiger partial charge is 0.656 e. The van der Waals surface area contributed by atoms with E-state index in [1.807, 2.05) is 0 Å². The summed E-state index contributed by atoms with van der Waals surface area (Å²) in [6.45, 7) is 29.2. The van der Waals surface area contributed by atoms with Crippen molar-refractivity contribution >= 4 is 140 Å². The number of hydrogen-bond acceptors (Lipinski definition) is 2. The monoisotopic (exact) mass is 1410 g/mol. The fraction of sp³-hybridized carbons (Fsp3) is 0.136. The summed E-state index contributed by atoms with van der Waals surface area (Å²) in [5.74, 6) is 0. The molecule has 474 valence electrons. The molecule has 0 atom stereocenters. The molecule has 0 N–H and O–H groups in total. The number of nitrogens with zero attached hydrogens (tertiary/aromatic N) is 4. The van der Waals surface area contributed by atoms with Crippen molar-refractivity contribution in [2.75, 3.05) is 0 Å². The normalized spacial score (nSPS) is 12.7. The van der Waals surface area contributed by atoms with Gasteiger partial charge in [0, 0.05) is 22.3 Å². The van der Waals surface area contributed by atoms with Gasteiger partial charge in [0.1, 0.15) is 0 Å². The number of hydrogen-bond donors (Lipinski definition) is 0. The second kappa shape index (κ2) is 23.0. The van der Waals surface area contributed by atoms with Gasteiger partial charge in [0.25, 0.3) is 0 Å². The summed E-state index contributed by atoms with van der Waals surface area (Å²) < 4.78 is 0. The third-order valence-corrected chi connectivity index (χ3v) is 28.8. The van der Waals surface area contributed by atoms with Crippen LogP contribution in [0.5, 0.6) is 0 Å². The molecule has 97 heavy (non-hydrogen) atoms. The average Bonchev–Trinajstić information content (AvgIpc) is 1.56. The summed E-state index contributed by atoms with van der Waals surface area (Å²) in [7, 11) is -7.05. The van der Waals surface area contributed by atoms with Gasteiger partial charge in [-0.15, -0.1) is 22.1 Å². The molecule has 14 aromatic rings. The Bertz CT molecular complexity index is 5230. The fourth-order valence-corrected chi connectivity index (χ4v) is 19.7. The first-order chi connectivity index (χ1) is 46.1. The predicted octanol–water partition coefficient (Wildman–Crippen LogP) is 22.0. The molecule has 9 heteroatoms. The van der Waals surface area contributed by atoms with Gasteiger partial charge in [0.05, 0.1) is 55.1 Å². The molecule has 0 saturated carbocycles. The van der Waals surface area contributed by atoms with Crippen molar-refractivity contribution in [1.29, 1.82) is 0 Å². The van der Waals surface area contributed by atoms with Gasteiger partial charge in [-0.3, -0.25) is 0 Å². The predicted molar refractivity (Wildman–Crippen MR) is 427 cm³/mol. The van der Waals surface area contributed by atoms with Crippen LogP contribution in [0.2, 0.25) is 78.6 Å². The van der Waals surface area contributed by atoms with E-state index in [0.717, 1.165) is 176 Å². The number of fused-ring (bicyclic) bond motifs is 4. The molecule has 0 unspecified atom stereocenters. The van der Waals surface area contributed by atoms with E-state index in [4.69, 9.17) is 19.9 Å². The van der Waals surface area contributed by atoms with Crippen LogP contribution in [-0.2, 0) is 20.4 Å². The van der Waals surface area contributed by atoms with Crippen LogP contribution >= 0.6 is 0 Å². The Morgan fingerprint density at radius 3 is 0.577 bits per heavy atom. The van der Waals surface area contributed by atoms with Crippen molar-refractivity contribution in [2.45, 2.75) is 78.6 Å². The molecule has 8 bridgehead atoms. The van der Waals surface area contributed by atoms with Crippen LogP contribution in [0.1, 0.15) is 0 Å². The molecule has 12 aromatic carbocycles. The minimum Gasteiger partial charge on any atom is -0.656 e. The molecule has 0 fully saturated rings. The fourth-order valence-electron chi connectivity index (χ4n) is 15.1. The van der Waals surface area contributed by atoms with Crippen molar-refractivity contribution in [3.05, 3.63) is 243 Å². The first-order valence-corrected chi connectivity index (χ1v) is 48.0. The summed E-state index contributed by atoms with van der Waals surface area (Å²) in [5.41, 5.74) is 19.5. The Labute approximate surface area is 586 Å². The zero-order chi connectivity index (χ0) is 65.9. The molecule has 0 saturated heterocycles. The molecule has 17 rings (SSSR count). The second-order valence-electron chi connectivity index (χ2n) is 31.0. The van der Waals surface area contributed by atoms with Crippen molar-refractivity contribution in [3.63, 3.8) is 0 Å². The number of aromatic nitrogens is 4. The van der Waals surface area contributed by atoms with Gasteiger partial charge >= 0.3 is 20.4 Å². The molecule has 4 heterocycles. The van der Waals surface area contributed by atoms with Gasteiger partial charge in [0.15, 0.2) is 0 Å². The van der Waals surface area contributed by atoms with Crippen molar-refractivity contribution in [2.24, 2.45) is 0 Å². The molecule has 2 aliphatic heterocycles. The van der Waals surface area contributed by atoms with Crippen molar-refractivity contribution in [1.82, 2.24) is 19.9 Å². The molecular weight excluding hydrogens is 1330 g/mol. The maximum absolute atomic E-state index is 6.36. The third kappa shape index (κ3) is 10.6. The average molecular weight is 1410 g/mol. The van der Waals surface area contributed by atoms with E-state index in [0.29, 0.717) is 0 Å². The van der Waals surface area contributed by atoms with Crippen LogP contribution in [0.15, 0.2) is 243 Å². The summed E-state index contributed by atoms with van der Waals surface area (Å²) in [4.78, 5) is 25.4. The summed E-state index contributed by atoms with van der Waals surface area (Å²) in [5, 5.41) is 19.0. The van der Waals surface area contributed by atoms with Crippen molar-refractivity contribution in [3.8, 4) is 89.5 Å². The zero-order valence-electron chi connectivity index (χ0n) is 57.2. The number of rotatable bonds is 8. The Morgan fingerprint density at radius 2 is 0.402 bits per heavy atom. The van der Waals surface area contributed by atoms with E-state index >= 15 is 0 Å². The molecule has 3 aliphatic rings. The molecule has 1 aliphatic carbocycles. The van der Waals surface area contributed by atoms with Gasteiger partial charge in [-0.05, 0) is 158 Å². The van der Waals surface area contributed by atoms with Crippen LogP contribution in [0, 0.1) is 0 Å². The minimum atomic E-state index is -1.76. The van der Waals surface area contributed by atoms with E-state index in [9.17, 15) is 0 Å². The van der Waals surface area contributed by atoms with E-state index < -0.39 is 32.3 Å². The number of benzene rings is 12. The van der Waals surface area contributed by atoms with Gasteiger partial charge in [-0.2, -0.15) is 0 Å². The molecule has 2 aromatic heterocycles. The summed E-state index contributed by atoms with van der Waals surface area (Å²) in [6.07, 6.45) is 0. The van der Waals surface area contributed by atoms with Gasteiger partial charge < -0.3 is 9.97 Å². The Balaban J connectivity index is 0.00000738. The van der Waals surface area contributed by atoms with E-state index in [-0.39, 0.29) is 20.4 Å². The quantitative estimate of drug-likeness (QED) is 0.142. The van der Waals surface area contributed by atoms with Crippen LogP contribution < -0.4 is 30.7 Å². The van der Waals surface area contributed by atoms with Crippen LogP contribution in [0.4, 0.5) is 0 Å². The maximum atomic E-state index is 6.36. The van der Waals surface area contributed by atoms with Crippen LogP contribution in [-0.4, -0.2) is 42.3 Å². The first kappa shape index (κ1) is 62.6. The van der Waals surface area contributed by atoms with E-state index in [1.165, 1.54) is 20.7 Å². The third-order valence-electron chi connectivity index (χ3n) is 20.5. The first-order valence-electron chi connectivity index (χ1n) is 34.0. The summed E-state index contributed by atoms with van der Waals surface area (Å²) in [6, 6.07) is 92.6. The largest absolute Gasteiger partial charge is 2.00 e. The van der Waals surface area contributed by atoms with E-state index in [1.54, 1.807) is 0 Å². The Morgan fingerprint density at radius 1 is 0.227 bits per heavy atom. The molecular formula is C88H76N4PdSi4. The maximum Gasteiger partial charge on any atom is 2.00 e. The second-order valence-corrected chi connectivity index (χ2v) is 51.3. The standard InChI is InChI=1S/C88H76N4Si4.Pd/c1-93(2,3)65-37-29-53(30-38-65)77-81-69-45-57-21-13-15-23-59(57)47-71(69)83(89-81)78(54-31-39-66(40-32-54)94(4,5)6)85-73-49-61-25-17-19-27-63(61)51-75(73)87(91-85)80(56-35-43-68(44-36-56)96(10,11)12)88-76-52-64-28-20-18-26-62(64)50-74(76)86(92-88)79(55-33-41-67(42-34-55)95(7,8)9)84-72-48-60-24-16-14-22-58(60)46-70(72)82(77)90-84;/h13-52H,1-12H3;/q-2;+2. The van der Waals surface area contributed by atoms with Gasteiger partial charge in [0.2, 0.25) is 0 Å². The molecule has 0 spiro atoms.